The van der Waals surface area contributed by atoms with Gasteiger partial charge in [-0.2, -0.15) is 0 Å². The van der Waals surface area contributed by atoms with E-state index < -0.39 is 5.79 Å². The minimum atomic E-state index is -0.463. The lowest BCUT2D eigenvalue weighted by atomic mass is 10.0. The normalized spacial score (nSPS) is 20.9. The molecule has 116 valence electrons. The van der Waals surface area contributed by atoms with Crippen LogP contribution in [0.4, 0.5) is 0 Å². The molecule has 3 heterocycles. The Kier molecular flexibility index (Phi) is 3.47. The average molecular weight is 366 g/mol. The number of benzene rings is 1. The first-order valence-electron chi connectivity index (χ1n) is 7.42. The molecule has 0 aliphatic carbocycles. The first kappa shape index (κ1) is 14.2. The zero-order chi connectivity index (χ0) is 15.2. The van der Waals surface area contributed by atoms with Crippen LogP contribution in [-0.4, -0.2) is 42.9 Å². The van der Waals surface area contributed by atoms with Gasteiger partial charge in [-0.25, -0.2) is 0 Å². The molecule has 1 aromatic heterocycles. The molecule has 4 rings (SSSR count). The molecule has 2 aliphatic rings. The van der Waals surface area contributed by atoms with E-state index in [1.165, 1.54) is 0 Å². The lowest BCUT2D eigenvalue weighted by Crippen LogP contribution is -2.47. The molecule has 2 aromatic rings. The van der Waals surface area contributed by atoms with Crippen LogP contribution in [0, 0.1) is 0 Å². The molecule has 0 atom stereocenters. The summed E-state index contributed by atoms with van der Waals surface area (Å²) >= 11 is 3.42. The third-order valence-electron chi connectivity index (χ3n) is 4.32. The highest BCUT2D eigenvalue weighted by atomic mass is 79.9. The molecule has 0 radical (unpaired) electrons. The van der Waals surface area contributed by atoms with Gasteiger partial charge < -0.3 is 18.8 Å². The summed E-state index contributed by atoms with van der Waals surface area (Å²) < 4.78 is 18.0. The Bertz CT molecular complexity index is 710. The second-order valence-electron chi connectivity index (χ2n) is 5.69. The Morgan fingerprint density at radius 2 is 1.86 bits per heavy atom. The van der Waals surface area contributed by atoms with E-state index in [9.17, 15) is 4.79 Å². The predicted octanol–water partition coefficient (Wildman–Crippen LogP) is 3.17. The van der Waals surface area contributed by atoms with Gasteiger partial charge in [0, 0.05) is 35.8 Å². The molecule has 22 heavy (non-hydrogen) atoms. The number of carbonyl (C=O) groups excluding carboxylic acids is 1. The summed E-state index contributed by atoms with van der Waals surface area (Å²) in [4.78, 5) is 14.4. The van der Waals surface area contributed by atoms with Crippen molar-refractivity contribution in [2.24, 2.45) is 0 Å². The Morgan fingerprint density at radius 1 is 1.14 bits per heavy atom. The van der Waals surface area contributed by atoms with Crippen molar-refractivity contribution in [1.29, 1.82) is 0 Å². The minimum Gasteiger partial charge on any atom is -0.451 e. The average Bonchev–Trinajstić information content (AvgIpc) is 3.14. The maximum absolute atomic E-state index is 12.6. The fraction of sp³-hybridized carbons (Fsp3) is 0.438. The van der Waals surface area contributed by atoms with Gasteiger partial charge in [-0.3, -0.25) is 4.79 Å². The first-order chi connectivity index (χ1) is 10.7. The summed E-state index contributed by atoms with van der Waals surface area (Å²) in [5.41, 5.74) is 0.725. The zero-order valence-electron chi connectivity index (χ0n) is 12.0. The number of rotatable bonds is 1. The van der Waals surface area contributed by atoms with E-state index in [2.05, 4.69) is 15.9 Å². The largest absolute Gasteiger partial charge is 0.451 e. The van der Waals surface area contributed by atoms with E-state index in [-0.39, 0.29) is 5.91 Å². The maximum atomic E-state index is 12.6. The number of carbonyl (C=O) groups is 1. The highest BCUT2D eigenvalue weighted by Crippen LogP contribution is 2.32. The summed E-state index contributed by atoms with van der Waals surface area (Å²) in [6.07, 6.45) is 1.43. The second-order valence-corrected chi connectivity index (χ2v) is 6.61. The third kappa shape index (κ3) is 2.45. The molecule has 5 nitrogen and oxygen atoms in total. The summed E-state index contributed by atoms with van der Waals surface area (Å²) in [7, 11) is 0. The fourth-order valence-electron chi connectivity index (χ4n) is 3.11. The van der Waals surface area contributed by atoms with Crippen molar-refractivity contribution in [3.63, 3.8) is 0 Å². The van der Waals surface area contributed by atoms with Gasteiger partial charge in [0.25, 0.3) is 5.91 Å². The van der Waals surface area contributed by atoms with Crippen LogP contribution in [0.1, 0.15) is 23.4 Å². The molecule has 0 bridgehead atoms. The van der Waals surface area contributed by atoms with Gasteiger partial charge in [-0.05, 0) is 24.3 Å². The molecule has 0 saturated carbocycles. The number of halogens is 1. The fourth-order valence-corrected chi connectivity index (χ4v) is 3.49. The lowest BCUT2D eigenvalue weighted by molar-refractivity contribution is -0.181. The number of likely N-dealkylation sites (tertiary alicyclic amines) is 1. The molecule has 0 unspecified atom stereocenters. The van der Waals surface area contributed by atoms with Crippen molar-refractivity contribution in [2.45, 2.75) is 18.6 Å². The summed E-state index contributed by atoms with van der Waals surface area (Å²) in [5.74, 6) is -0.146. The molecule has 1 spiro atoms. The number of hydrogen-bond donors (Lipinski definition) is 0. The van der Waals surface area contributed by atoms with Crippen LogP contribution in [0.15, 0.2) is 33.2 Å². The van der Waals surface area contributed by atoms with Crippen molar-refractivity contribution in [3.8, 4) is 0 Å². The smallest absolute Gasteiger partial charge is 0.289 e. The van der Waals surface area contributed by atoms with E-state index in [0.717, 1.165) is 15.4 Å². The SMILES string of the molecule is O=C(c1cc2cc(Br)ccc2o1)N1CCC2(CC1)OCCO2. The molecule has 2 aliphatic heterocycles. The number of fused-ring (bicyclic) bond motifs is 1. The summed E-state index contributed by atoms with van der Waals surface area (Å²) in [6.45, 7) is 2.54. The maximum Gasteiger partial charge on any atom is 0.289 e. The van der Waals surface area contributed by atoms with Crippen molar-refractivity contribution in [1.82, 2.24) is 4.90 Å². The van der Waals surface area contributed by atoms with E-state index >= 15 is 0 Å². The molecule has 2 saturated heterocycles. The number of ether oxygens (including phenoxy) is 2. The van der Waals surface area contributed by atoms with Gasteiger partial charge in [-0.1, -0.05) is 15.9 Å². The third-order valence-corrected chi connectivity index (χ3v) is 4.81. The van der Waals surface area contributed by atoms with Gasteiger partial charge >= 0.3 is 0 Å². The van der Waals surface area contributed by atoms with E-state index in [4.69, 9.17) is 13.9 Å². The van der Waals surface area contributed by atoms with Crippen LogP contribution in [0.25, 0.3) is 11.0 Å². The highest BCUT2D eigenvalue weighted by molar-refractivity contribution is 9.10. The van der Waals surface area contributed by atoms with Gasteiger partial charge in [-0.15, -0.1) is 0 Å². The van der Waals surface area contributed by atoms with Crippen LogP contribution in [0.5, 0.6) is 0 Å². The standard InChI is InChI=1S/C16H16BrNO4/c17-12-1-2-13-11(9-12)10-14(22-13)15(19)18-5-3-16(4-6-18)20-7-8-21-16/h1-2,9-10H,3-8H2. The van der Waals surface area contributed by atoms with Crippen molar-refractivity contribution in [2.75, 3.05) is 26.3 Å². The highest BCUT2D eigenvalue weighted by Gasteiger charge is 2.41. The van der Waals surface area contributed by atoms with E-state index in [0.29, 0.717) is 44.9 Å². The first-order valence-corrected chi connectivity index (χ1v) is 8.21. The van der Waals surface area contributed by atoms with Crippen LogP contribution < -0.4 is 0 Å². The second kappa shape index (κ2) is 5.37. The molecular weight excluding hydrogens is 350 g/mol. The van der Waals surface area contributed by atoms with Crippen molar-refractivity contribution in [3.05, 3.63) is 34.5 Å². The van der Waals surface area contributed by atoms with Gasteiger partial charge in [0.15, 0.2) is 11.5 Å². The number of amides is 1. The number of nitrogens with zero attached hydrogens (tertiary/aromatic N) is 1. The quantitative estimate of drug-likeness (QED) is 0.778. The molecule has 6 heteroatoms. The summed E-state index contributed by atoms with van der Waals surface area (Å²) in [5, 5.41) is 0.925. The summed E-state index contributed by atoms with van der Waals surface area (Å²) in [6, 6.07) is 7.51. The Labute approximate surface area is 136 Å². The van der Waals surface area contributed by atoms with Gasteiger partial charge in [0.05, 0.1) is 13.2 Å². The molecule has 1 aromatic carbocycles. The molecule has 1 amide bonds. The molecular formula is C16H16BrNO4. The van der Waals surface area contributed by atoms with Crippen LogP contribution in [-0.2, 0) is 9.47 Å². The number of piperidine rings is 1. The Balaban J connectivity index is 1.51. The molecule has 2 fully saturated rings. The molecule has 0 N–H and O–H groups in total. The zero-order valence-corrected chi connectivity index (χ0v) is 13.6. The van der Waals surface area contributed by atoms with Crippen LogP contribution in [0.2, 0.25) is 0 Å². The van der Waals surface area contributed by atoms with Crippen LogP contribution in [0.3, 0.4) is 0 Å². The Hall–Kier alpha value is -1.37. The number of hydrogen-bond acceptors (Lipinski definition) is 4. The van der Waals surface area contributed by atoms with Gasteiger partial charge in [0.1, 0.15) is 5.58 Å². The topological polar surface area (TPSA) is 51.9 Å². The van der Waals surface area contributed by atoms with Crippen LogP contribution >= 0.6 is 15.9 Å². The number of furan rings is 1. The lowest BCUT2D eigenvalue weighted by Gasteiger charge is -2.37. The van der Waals surface area contributed by atoms with Crippen molar-refractivity contribution >= 4 is 32.8 Å². The predicted molar refractivity (Wildman–Crippen MR) is 83.7 cm³/mol. The van der Waals surface area contributed by atoms with Gasteiger partial charge in [0.2, 0.25) is 0 Å². The van der Waals surface area contributed by atoms with E-state index in [1.54, 1.807) is 6.07 Å². The minimum absolute atomic E-state index is 0.0693. The Morgan fingerprint density at radius 3 is 2.59 bits per heavy atom. The monoisotopic (exact) mass is 365 g/mol. The van der Waals surface area contributed by atoms with E-state index in [1.807, 2.05) is 23.1 Å². The van der Waals surface area contributed by atoms with Crippen molar-refractivity contribution < 1.29 is 18.7 Å².